The summed E-state index contributed by atoms with van der Waals surface area (Å²) in [6.07, 6.45) is 0. The second kappa shape index (κ2) is 14.9. The van der Waals surface area contributed by atoms with Gasteiger partial charge in [0.15, 0.2) is 0 Å². The van der Waals surface area contributed by atoms with Crippen LogP contribution in [-0.2, 0) is 26.2 Å². The molecule has 44 heavy (non-hydrogen) atoms. The Hall–Kier alpha value is -4.34. The van der Waals surface area contributed by atoms with Crippen LogP contribution in [0.25, 0.3) is 0 Å². The molecule has 230 valence electrons. The van der Waals surface area contributed by atoms with Crippen molar-refractivity contribution in [3.63, 3.8) is 0 Å². The van der Waals surface area contributed by atoms with Gasteiger partial charge in [-0.1, -0.05) is 80.0 Å². The largest absolute Gasteiger partial charge is 0.457 e. The van der Waals surface area contributed by atoms with Gasteiger partial charge >= 0.3 is 0 Å². The second-order valence-electron chi connectivity index (χ2n) is 10.7. The molecule has 0 spiro atoms. The maximum atomic E-state index is 14.1. The van der Waals surface area contributed by atoms with Crippen LogP contribution in [0.15, 0.2) is 114 Å². The maximum Gasteiger partial charge on any atom is 0.264 e. The highest BCUT2D eigenvalue weighted by atomic mass is 35.5. The smallest absolute Gasteiger partial charge is 0.264 e. The van der Waals surface area contributed by atoms with Gasteiger partial charge in [0.2, 0.25) is 11.8 Å². The number of sulfonamides is 1. The lowest BCUT2D eigenvalue weighted by atomic mass is 10.1. The van der Waals surface area contributed by atoms with E-state index in [1.54, 1.807) is 73.7 Å². The quantitative estimate of drug-likeness (QED) is 0.181. The molecular formula is C34H36ClN3O5S. The number of rotatable bonds is 13. The van der Waals surface area contributed by atoms with Crippen LogP contribution in [0.3, 0.4) is 0 Å². The number of benzene rings is 4. The molecule has 4 aromatic carbocycles. The Morgan fingerprint density at radius 2 is 1.36 bits per heavy atom. The summed E-state index contributed by atoms with van der Waals surface area (Å²) < 4.78 is 34.9. The third-order valence-electron chi connectivity index (χ3n) is 6.86. The fraction of sp³-hybridized carbons (Fsp3) is 0.235. The molecular weight excluding hydrogens is 598 g/mol. The predicted octanol–water partition coefficient (Wildman–Crippen LogP) is 6.52. The lowest BCUT2D eigenvalue weighted by molar-refractivity contribution is -0.139. The molecule has 0 aliphatic heterocycles. The molecule has 10 heteroatoms. The van der Waals surface area contributed by atoms with Gasteiger partial charge in [-0.05, 0) is 73.0 Å². The van der Waals surface area contributed by atoms with Gasteiger partial charge in [-0.15, -0.1) is 0 Å². The van der Waals surface area contributed by atoms with Crippen LogP contribution in [-0.4, -0.2) is 44.3 Å². The van der Waals surface area contributed by atoms with Crippen LogP contribution in [0.2, 0.25) is 5.02 Å². The van der Waals surface area contributed by atoms with Crippen LogP contribution in [0.4, 0.5) is 5.69 Å². The van der Waals surface area contributed by atoms with Gasteiger partial charge in [0.1, 0.15) is 24.1 Å². The Labute approximate surface area is 264 Å². The molecule has 0 aliphatic carbocycles. The van der Waals surface area contributed by atoms with Crippen molar-refractivity contribution in [2.45, 2.75) is 38.3 Å². The lowest BCUT2D eigenvalue weighted by Gasteiger charge is -2.32. The normalized spacial score (nSPS) is 11.9. The van der Waals surface area contributed by atoms with E-state index in [0.29, 0.717) is 28.6 Å². The number of hydrogen-bond acceptors (Lipinski definition) is 5. The van der Waals surface area contributed by atoms with E-state index in [9.17, 15) is 18.0 Å². The van der Waals surface area contributed by atoms with Crippen LogP contribution in [0.5, 0.6) is 11.5 Å². The zero-order valence-electron chi connectivity index (χ0n) is 24.9. The first-order valence-electron chi connectivity index (χ1n) is 14.3. The molecule has 0 saturated heterocycles. The average molecular weight is 634 g/mol. The molecule has 1 atom stereocenters. The van der Waals surface area contributed by atoms with Crippen LogP contribution in [0, 0.1) is 5.92 Å². The van der Waals surface area contributed by atoms with Crippen molar-refractivity contribution in [3.05, 3.63) is 120 Å². The minimum absolute atomic E-state index is 0.0118. The highest BCUT2D eigenvalue weighted by molar-refractivity contribution is 7.92. The Balaban J connectivity index is 1.69. The highest BCUT2D eigenvalue weighted by Crippen LogP contribution is 2.29. The third kappa shape index (κ3) is 8.39. The zero-order chi connectivity index (χ0) is 31.7. The second-order valence-corrected chi connectivity index (χ2v) is 12.9. The molecule has 0 bridgehead atoms. The van der Waals surface area contributed by atoms with Gasteiger partial charge < -0.3 is 15.0 Å². The number of nitrogens with one attached hydrogen (secondary N) is 1. The van der Waals surface area contributed by atoms with Gasteiger partial charge in [-0.3, -0.25) is 13.9 Å². The van der Waals surface area contributed by atoms with E-state index in [1.165, 1.54) is 17.0 Å². The van der Waals surface area contributed by atoms with Gasteiger partial charge in [0.25, 0.3) is 10.0 Å². The standard InChI is InChI=1S/C34H36ClN3O5S/c1-25(2)22-36-34(40)26(3)37(23-27-12-10-11-17-32(27)35)33(39)24-38(44(41,42)31-15-8-5-9-16-31)28-18-20-30(21-19-28)43-29-13-6-4-7-14-29/h4-21,25-26H,22-24H2,1-3H3,(H,36,40). The summed E-state index contributed by atoms with van der Waals surface area (Å²) in [5.41, 5.74) is 0.892. The number of halogens is 1. The fourth-order valence-corrected chi connectivity index (χ4v) is 6.03. The molecule has 1 unspecified atom stereocenters. The average Bonchev–Trinajstić information content (AvgIpc) is 3.03. The van der Waals surface area contributed by atoms with Crippen molar-refractivity contribution in [1.29, 1.82) is 0 Å². The summed E-state index contributed by atoms with van der Waals surface area (Å²) in [6.45, 7) is 5.46. The summed E-state index contributed by atoms with van der Waals surface area (Å²) >= 11 is 6.43. The number of hydrogen-bond donors (Lipinski definition) is 1. The van der Waals surface area contributed by atoms with E-state index >= 15 is 0 Å². The molecule has 0 heterocycles. The Kier molecular flexibility index (Phi) is 11.0. The summed E-state index contributed by atoms with van der Waals surface area (Å²) in [5.74, 6) is 0.419. The van der Waals surface area contributed by atoms with Gasteiger partial charge in [0, 0.05) is 18.1 Å². The maximum absolute atomic E-state index is 14.1. The van der Waals surface area contributed by atoms with Crippen LogP contribution >= 0.6 is 11.6 Å². The van der Waals surface area contributed by atoms with E-state index in [4.69, 9.17) is 16.3 Å². The number of para-hydroxylation sites is 1. The molecule has 1 N–H and O–H groups in total. The van der Waals surface area contributed by atoms with Crippen molar-refractivity contribution in [2.75, 3.05) is 17.4 Å². The highest BCUT2D eigenvalue weighted by Gasteiger charge is 2.32. The fourth-order valence-electron chi connectivity index (χ4n) is 4.40. The van der Waals surface area contributed by atoms with Crippen molar-refractivity contribution < 1.29 is 22.7 Å². The molecule has 4 rings (SSSR count). The monoisotopic (exact) mass is 633 g/mol. The van der Waals surface area contributed by atoms with Crippen molar-refractivity contribution >= 4 is 39.1 Å². The number of carbonyl (C=O) groups is 2. The topological polar surface area (TPSA) is 96.0 Å². The van der Waals surface area contributed by atoms with Gasteiger partial charge in [-0.2, -0.15) is 0 Å². The molecule has 2 amide bonds. The summed E-state index contributed by atoms with van der Waals surface area (Å²) in [5, 5.41) is 3.31. The van der Waals surface area contributed by atoms with Crippen molar-refractivity contribution in [1.82, 2.24) is 10.2 Å². The molecule has 0 radical (unpaired) electrons. The molecule has 0 fully saturated rings. The number of carbonyl (C=O) groups excluding carboxylic acids is 2. The van der Waals surface area contributed by atoms with E-state index in [1.807, 2.05) is 44.2 Å². The zero-order valence-corrected chi connectivity index (χ0v) is 26.5. The summed E-state index contributed by atoms with van der Waals surface area (Å²) in [7, 11) is -4.18. The van der Waals surface area contributed by atoms with Crippen LogP contribution in [0.1, 0.15) is 26.3 Å². The first-order chi connectivity index (χ1) is 21.1. The van der Waals surface area contributed by atoms with Crippen LogP contribution < -0.4 is 14.4 Å². The number of nitrogens with zero attached hydrogens (tertiary/aromatic N) is 2. The lowest BCUT2D eigenvalue weighted by Crippen LogP contribution is -2.51. The van der Waals surface area contributed by atoms with E-state index in [0.717, 1.165) is 4.31 Å². The first kappa shape index (κ1) is 32.6. The first-order valence-corrected chi connectivity index (χ1v) is 16.1. The molecule has 0 aromatic heterocycles. The minimum atomic E-state index is -4.18. The Morgan fingerprint density at radius 3 is 1.98 bits per heavy atom. The Bertz CT molecular complexity index is 1650. The molecule has 4 aromatic rings. The van der Waals surface area contributed by atoms with Crippen molar-refractivity contribution in [3.8, 4) is 11.5 Å². The number of ether oxygens (including phenoxy) is 1. The third-order valence-corrected chi connectivity index (χ3v) is 9.02. The summed E-state index contributed by atoms with van der Waals surface area (Å²) in [6, 6.07) is 29.7. The van der Waals surface area contributed by atoms with E-state index < -0.39 is 28.5 Å². The van der Waals surface area contributed by atoms with E-state index in [2.05, 4.69) is 5.32 Å². The predicted molar refractivity (Wildman–Crippen MR) is 173 cm³/mol. The Morgan fingerprint density at radius 1 is 0.795 bits per heavy atom. The summed E-state index contributed by atoms with van der Waals surface area (Å²) in [4.78, 5) is 28.6. The number of amides is 2. The minimum Gasteiger partial charge on any atom is -0.457 e. The van der Waals surface area contributed by atoms with Crippen molar-refractivity contribution in [2.24, 2.45) is 5.92 Å². The van der Waals surface area contributed by atoms with Gasteiger partial charge in [0.05, 0.1) is 10.6 Å². The SMILES string of the molecule is CC(C)CNC(=O)C(C)N(Cc1ccccc1Cl)C(=O)CN(c1ccc(Oc2ccccc2)cc1)S(=O)(=O)c1ccccc1. The van der Waals surface area contributed by atoms with E-state index in [-0.39, 0.29) is 29.0 Å². The molecule has 8 nitrogen and oxygen atoms in total. The molecule has 0 aliphatic rings. The number of anilines is 1. The van der Waals surface area contributed by atoms with Gasteiger partial charge in [-0.25, -0.2) is 8.42 Å². The molecule has 0 saturated carbocycles.